The molecule has 140 valence electrons. The number of methoxy groups -OCH3 is 2. The molecule has 27 heavy (non-hydrogen) atoms. The van der Waals surface area contributed by atoms with Gasteiger partial charge in [0.15, 0.2) is 5.13 Å². The van der Waals surface area contributed by atoms with E-state index in [0.29, 0.717) is 21.5 Å². The molecule has 1 aromatic heterocycles. The summed E-state index contributed by atoms with van der Waals surface area (Å²) in [6.07, 6.45) is 0. The molecule has 3 aromatic rings. The molecule has 0 bridgehead atoms. The topological polar surface area (TPSA) is 60.5 Å². The summed E-state index contributed by atoms with van der Waals surface area (Å²) in [5.41, 5.74) is 0.553. The molecule has 1 heterocycles. The van der Waals surface area contributed by atoms with E-state index in [1.165, 1.54) is 19.6 Å². The molecule has 9 heteroatoms. The summed E-state index contributed by atoms with van der Waals surface area (Å²) in [5.74, 6) is -0.747. The number of amides is 1. The fourth-order valence-corrected chi connectivity index (χ4v) is 3.58. The lowest BCUT2D eigenvalue weighted by atomic mass is 10.1. The Hall–Kier alpha value is -2.52. The Morgan fingerprint density at radius 3 is 2.44 bits per heavy atom. The molecule has 0 saturated heterocycles. The summed E-state index contributed by atoms with van der Waals surface area (Å²) in [7, 11) is 2.95. The van der Waals surface area contributed by atoms with Crippen molar-refractivity contribution in [2.24, 2.45) is 0 Å². The first-order valence-corrected chi connectivity index (χ1v) is 9.24. The molecular weight excluding hydrogens is 442 g/mol. The van der Waals surface area contributed by atoms with Crippen molar-refractivity contribution in [3.05, 3.63) is 57.4 Å². The molecule has 1 amide bonds. The van der Waals surface area contributed by atoms with E-state index in [0.717, 1.165) is 29.5 Å². The first-order chi connectivity index (χ1) is 12.9. The average Bonchev–Trinajstić information content (AvgIpc) is 3.12. The molecular formula is C18H13BrF2N2O3S. The highest BCUT2D eigenvalue weighted by Gasteiger charge is 2.17. The fourth-order valence-electron chi connectivity index (χ4n) is 2.32. The molecule has 0 radical (unpaired) electrons. The van der Waals surface area contributed by atoms with Crippen LogP contribution in [0.15, 0.2) is 40.2 Å². The van der Waals surface area contributed by atoms with Gasteiger partial charge >= 0.3 is 0 Å². The van der Waals surface area contributed by atoms with E-state index in [2.05, 4.69) is 26.2 Å². The Bertz CT molecular complexity index is 985. The number of carbonyl (C=O) groups excluding carboxylic acids is 1. The van der Waals surface area contributed by atoms with Crippen LogP contribution in [0, 0.1) is 11.6 Å². The second-order valence-corrected chi connectivity index (χ2v) is 6.96. The Kier molecular flexibility index (Phi) is 5.71. The maximum atomic E-state index is 13.9. The number of aromatic nitrogens is 1. The summed E-state index contributed by atoms with van der Waals surface area (Å²) in [6.45, 7) is 0. The van der Waals surface area contributed by atoms with Gasteiger partial charge in [-0.2, -0.15) is 0 Å². The maximum Gasteiger partial charge on any atom is 0.257 e. The molecule has 0 atom stereocenters. The van der Waals surface area contributed by atoms with Gasteiger partial charge in [-0.3, -0.25) is 10.1 Å². The molecule has 0 aliphatic heterocycles. The van der Waals surface area contributed by atoms with Crippen molar-refractivity contribution >= 4 is 38.3 Å². The van der Waals surface area contributed by atoms with Crippen molar-refractivity contribution in [2.75, 3.05) is 19.5 Å². The minimum absolute atomic E-state index is 0.0266. The van der Waals surface area contributed by atoms with E-state index in [9.17, 15) is 13.6 Å². The van der Waals surface area contributed by atoms with E-state index in [-0.39, 0.29) is 16.4 Å². The molecule has 0 unspecified atom stereocenters. The predicted molar refractivity (Wildman–Crippen MR) is 103 cm³/mol. The average molecular weight is 455 g/mol. The zero-order valence-electron chi connectivity index (χ0n) is 14.2. The first kappa shape index (κ1) is 19.2. The lowest BCUT2D eigenvalue weighted by molar-refractivity contribution is 0.102. The van der Waals surface area contributed by atoms with Gasteiger partial charge in [0.05, 0.1) is 19.9 Å². The summed E-state index contributed by atoms with van der Waals surface area (Å²) in [5, 5.41) is 4.42. The molecule has 3 rings (SSSR count). The largest absolute Gasteiger partial charge is 0.495 e. The number of benzene rings is 2. The molecule has 0 saturated carbocycles. The maximum absolute atomic E-state index is 13.9. The van der Waals surface area contributed by atoms with Gasteiger partial charge in [0.25, 0.3) is 5.91 Å². The van der Waals surface area contributed by atoms with Gasteiger partial charge in [-0.05, 0) is 46.3 Å². The normalized spacial score (nSPS) is 10.6. The van der Waals surface area contributed by atoms with Crippen LogP contribution < -0.4 is 14.8 Å². The van der Waals surface area contributed by atoms with E-state index in [1.807, 2.05) is 0 Å². The third-order valence-electron chi connectivity index (χ3n) is 3.64. The SMILES string of the molecule is COc1cc(C(=O)Nc2nc(-c3cc(F)ccc3F)cs2)cc(OC)c1Br. The van der Waals surface area contributed by atoms with Crippen molar-refractivity contribution in [3.63, 3.8) is 0 Å². The highest BCUT2D eigenvalue weighted by molar-refractivity contribution is 9.10. The van der Waals surface area contributed by atoms with Gasteiger partial charge < -0.3 is 9.47 Å². The second kappa shape index (κ2) is 8.01. The standard InChI is InChI=1S/C18H13BrF2N2O3S/c1-25-14-5-9(6-15(26-2)16(14)19)17(24)23-18-22-13(8-27-18)11-7-10(20)3-4-12(11)21/h3-8H,1-2H3,(H,22,23,24). The summed E-state index contributed by atoms with van der Waals surface area (Å²) in [6, 6.07) is 6.21. The minimum atomic E-state index is -0.595. The van der Waals surface area contributed by atoms with Crippen LogP contribution in [-0.4, -0.2) is 25.1 Å². The van der Waals surface area contributed by atoms with Crippen LogP contribution in [0.5, 0.6) is 11.5 Å². The molecule has 1 N–H and O–H groups in total. The van der Waals surface area contributed by atoms with E-state index in [1.54, 1.807) is 12.1 Å². The van der Waals surface area contributed by atoms with E-state index in [4.69, 9.17) is 9.47 Å². The Morgan fingerprint density at radius 2 is 1.81 bits per heavy atom. The summed E-state index contributed by atoms with van der Waals surface area (Å²) >= 11 is 4.44. The molecule has 5 nitrogen and oxygen atoms in total. The van der Waals surface area contributed by atoms with Crippen LogP contribution in [0.25, 0.3) is 11.3 Å². The number of nitrogens with one attached hydrogen (secondary N) is 1. The van der Waals surface area contributed by atoms with Gasteiger partial charge in [0.2, 0.25) is 0 Å². The Morgan fingerprint density at radius 1 is 1.15 bits per heavy atom. The van der Waals surface area contributed by atoms with Crippen LogP contribution in [0.4, 0.5) is 13.9 Å². The van der Waals surface area contributed by atoms with E-state index >= 15 is 0 Å². The summed E-state index contributed by atoms with van der Waals surface area (Å²) in [4.78, 5) is 16.7. The lowest BCUT2D eigenvalue weighted by Gasteiger charge is -2.11. The van der Waals surface area contributed by atoms with Gasteiger partial charge in [0.1, 0.15) is 27.6 Å². The molecule has 2 aromatic carbocycles. The van der Waals surface area contributed by atoms with Crippen molar-refractivity contribution < 1.29 is 23.0 Å². The van der Waals surface area contributed by atoms with Crippen LogP contribution in [0.2, 0.25) is 0 Å². The van der Waals surface area contributed by atoms with Gasteiger partial charge in [-0.25, -0.2) is 13.8 Å². The third kappa shape index (κ3) is 4.09. The van der Waals surface area contributed by atoms with Crippen molar-refractivity contribution in [3.8, 4) is 22.8 Å². The first-order valence-electron chi connectivity index (χ1n) is 7.56. The van der Waals surface area contributed by atoms with Gasteiger partial charge in [-0.1, -0.05) is 0 Å². The number of ether oxygens (including phenoxy) is 2. The number of halogens is 3. The quantitative estimate of drug-likeness (QED) is 0.580. The van der Waals surface area contributed by atoms with Gasteiger partial charge in [0, 0.05) is 16.5 Å². The Labute approximate surface area is 166 Å². The number of thiazole rings is 1. The zero-order chi connectivity index (χ0) is 19.6. The van der Waals surface area contributed by atoms with Crippen LogP contribution >= 0.6 is 27.3 Å². The van der Waals surface area contributed by atoms with Crippen LogP contribution in [0.3, 0.4) is 0 Å². The predicted octanol–water partition coefficient (Wildman–Crippen LogP) is 5.12. The zero-order valence-corrected chi connectivity index (χ0v) is 16.6. The van der Waals surface area contributed by atoms with Crippen LogP contribution in [-0.2, 0) is 0 Å². The number of nitrogens with zero attached hydrogens (tertiary/aromatic N) is 1. The fraction of sp³-hybridized carbons (Fsp3) is 0.111. The van der Waals surface area contributed by atoms with E-state index < -0.39 is 17.5 Å². The number of hydrogen-bond acceptors (Lipinski definition) is 5. The number of rotatable bonds is 5. The van der Waals surface area contributed by atoms with Gasteiger partial charge in [-0.15, -0.1) is 11.3 Å². The monoisotopic (exact) mass is 454 g/mol. The minimum Gasteiger partial charge on any atom is -0.495 e. The highest BCUT2D eigenvalue weighted by atomic mass is 79.9. The molecule has 0 aliphatic rings. The number of hydrogen-bond donors (Lipinski definition) is 1. The molecule has 0 spiro atoms. The third-order valence-corrected chi connectivity index (χ3v) is 5.18. The number of anilines is 1. The molecule has 0 aliphatic carbocycles. The van der Waals surface area contributed by atoms with Crippen molar-refractivity contribution in [1.82, 2.24) is 4.98 Å². The smallest absolute Gasteiger partial charge is 0.257 e. The van der Waals surface area contributed by atoms with Crippen molar-refractivity contribution in [2.45, 2.75) is 0 Å². The molecule has 0 fully saturated rings. The second-order valence-electron chi connectivity index (χ2n) is 5.31. The van der Waals surface area contributed by atoms with Crippen molar-refractivity contribution in [1.29, 1.82) is 0 Å². The summed E-state index contributed by atoms with van der Waals surface area (Å²) < 4.78 is 38.3. The highest BCUT2D eigenvalue weighted by Crippen LogP contribution is 2.36. The Balaban J connectivity index is 1.85. The number of carbonyl (C=O) groups is 1. The lowest BCUT2D eigenvalue weighted by Crippen LogP contribution is -2.12. The van der Waals surface area contributed by atoms with Crippen LogP contribution in [0.1, 0.15) is 10.4 Å².